The fourth-order valence-corrected chi connectivity index (χ4v) is 6.84. The SMILES string of the molecule is CCOC(=O)C1=C(C)N=c2s/c(=C\c3cc(OC)c(OCc4ccc(C(=O)O)cc4)cc3Br)c(=O)n2[C@@H]1c1ccc(OCC(=O)OC)c(OCC)c1. The van der Waals surface area contributed by atoms with Gasteiger partial charge in [-0.05, 0) is 79.9 Å². The van der Waals surface area contributed by atoms with Crippen molar-refractivity contribution in [3.05, 3.63) is 112 Å². The van der Waals surface area contributed by atoms with Gasteiger partial charge in [0.1, 0.15) is 6.61 Å². The molecule has 5 rings (SSSR count). The number of allylic oxidation sites excluding steroid dienone is 1. The summed E-state index contributed by atoms with van der Waals surface area (Å²) in [4.78, 5) is 55.6. The summed E-state index contributed by atoms with van der Waals surface area (Å²) in [5.74, 6) is -0.788. The Balaban J connectivity index is 1.56. The van der Waals surface area contributed by atoms with E-state index in [1.165, 1.54) is 30.9 Å². The number of fused-ring (bicyclic) bond motifs is 1. The zero-order chi connectivity index (χ0) is 37.5. The first-order valence-corrected chi connectivity index (χ1v) is 17.6. The van der Waals surface area contributed by atoms with Gasteiger partial charge in [-0.1, -0.05) is 45.5 Å². The molecule has 2 heterocycles. The molecule has 4 aromatic rings. The van der Waals surface area contributed by atoms with Crippen molar-refractivity contribution < 1.29 is 47.9 Å². The molecule has 0 amide bonds. The highest BCUT2D eigenvalue weighted by atomic mass is 79.9. The highest BCUT2D eigenvalue weighted by Crippen LogP contribution is 2.37. The number of halogens is 1. The number of nitrogens with zero attached hydrogens (tertiary/aromatic N) is 2. The van der Waals surface area contributed by atoms with Gasteiger partial charge in [0.15, 0.2) is 34.4 Å². The molecule has 1 atom stereocenters. The van der Waals surface area contributed by atoms with Crippen LogP contribution in [0, 0.1) is 0 Å². The molecule has 0 saturated carbocycles. The first-order valence-electron chi connectivity index (χ1n) is 16.0. The molecule has 0 spiro atoms. The average molecular weight is 796 g/mol. The Labute approximate surface area is 310 Å². The number of carbonyl (C=O) groups excluding carboxylic acids is 2. The summed E-state index contributed by atoms with van der Waals surface area (Å²) in [6, 6.07) is 13.8. The standard InChI is InChI=1S/C37H35BrN2O11S/c1-6-48-28-14-23(12-13-26(28)51-19-31(41)47-5)33-32(36(45)49-7-2)20(3)39-37-40(33)34(42)30(52-37)16-24-15-27(46-4)29(17-25(24)38)50-18-21-8-10-22(11-9-21)35(43)44/h8-17,33H,6-7,18-19H2,1-5H3,(H,43,44)/b30-16-/t33-/m1/s1. The summed E-state index contributed by atoms with van der Waals surface area (Å²) in [7, 11) is 2.75. The van der Waals surface area contributed by atoms with Gasteiger partial charge in [-0.15, -0.1) is 0 Å². The van der Waals surface area contributed by atoms with E-state index in [4.69, 9.17) is 28.8 Å². The third-order valence-corrected chi connectivity index (χ3v) is 9.51. The molecule has 1 aromatic heterocycles. The van der Waals surface area contributed by atoms with Crippen LogP contribution in [0.4, 0.5) is 0 Å². The maximum Gasteiger partial charge on any atom is 0.343 e. The second-order valence-electron chi connectivity index (χ2n) is 11.1. The van der Waals surface area contributed by atoms with E-state index < -0.39 is 29.5 Å². The van der Waals surface area contributed by atoms with E-state index in [-0.39, 0.29) is 43.3 Å². The Kier molecular flexibility index (Phi) is 12.2. The molecule has 0 bridgehead atoms. The van der Waals surface area contributed by atoms with Gasteiger partial charge in [0, 0.05) is 4.47 Å². The fraction of sp³-hybridized carbons (Fsp3) is 0.270. The van der Waals surface area contributed by atoms with Crippen molar-refractivity contribution in [3.8, 4) is 23.0 Å². The van der Waals surface area contributed by atoms with E-state index in [0.717, 1.165) is 16.9 Å². The molecular formula is C37H35BrN2O11S. The zero-order valence-corrected chi connectivity index (χ0v) is 31.3. The predicted molar refractivity (Wildman–Crippen MR) is 194 cm³/mol. The Hall–Kier alpha value is -5.41. The number of hydrogen-bond acceptors (Lipinski definition) is 12. The van der Waals surface area contributed by atoms with Gasteiger partial charge in [0.05, 0.1) is 54.8 Å². The van der Waals surface area contributed by atoms with Gasteiger partial charge in [-0.25, -0.2) is 19.4 Å². The third-order valence-electron chi connectivity index (χ3n) is 7.84. The highest BCUT2D eigenvalue weighted by Gasteiger charge is 2.34. The average Bonchev–Trinajstić information content (AvgIpc) is 3.43. The van der Waals surface area contributed by atoms with Crippen LogP contribution in [0.25, 0.3) is 6.08 Å². The van der Waals surface area contributed by atoms with Gasteiger partial charge >= 0.3 is 17.9 Å². The number of rotatable bonds is 14. The number of methoxy groups -OCH3 is 2. The number of carboxylic acids is 1. The van der Waals surface area contributed by atoms with E-state index in [1.54, 1.807) is 69.3 Å². The number of benzene rings is 3. The number of ether oxygens (including phenoxy) is 6. The van der Waals surface area contributed by atoms with Crippen LogP contribution in [0.1, 0.15) is 53.9 Å². The van der Waals surface area contributed by atoms with Crippen molar-refractivity contribution in [2.24, 2.45) is 4.99 Å². The van der Waals surface area contributed by atoms with E-state index in [1.807, 2.05) is 0 Å². The minimum Gasteiger partial charge on any atom is -0.493 e. The van der Waals surface area contributed by atoms with Crippen LogP contribution in [0.2, 0.25) is 0 Å². The van der Waals surface area contributed by atoms with E-state index in [0.29, 0.717) is 47.9 Å². The van der Waals surface area contributed by atoms with Gasteiger partial charge in [0.25, 0.3) is 5.56 Å². The molecule has 0 unspecified atom stereocenters. The number of thiazole rings is 1. The summed E-state index contributed by atoms with van der Waals surface area (Å²) in [6.07, 6.45) is 1.70. The molecule has 0 radical (unpaired) electrons. The molecule has 1 aliphatic heterocycles. The number of carbonyl (C=O) groups is 3. The number of aromatic carboxylic acids is 1. The fourth-order valence-electron chi connectivity index (χ4n) is 5.36. The van der Waals surface area contributed by atoms with Crippen molar-refractivity contribution in [1.29, 1.82) is 0 Å². The first kappa shape index (κ1) is 37.8. The van der Waals surface area contributed by atoms with Crippen LogP contribution in [-0.4, -0.2) is 61.6 Å². The molecule has 0 aliphatic carbocycles. The minimum atomic E-state index is -1.01. The maximum atomic E-state index is 14.3. The van der Waals surface area contributed by atoms with Crippen LogP contribution in [0.15, 0.2) is 80.1 Å². The summed E-state index contributed by atoms with van der Waals surface area (Å²) in [6.45, 7) is 5.39. The quantitative estimate of drug-likeness (QED) is 0.175. The zero-order valence-electron chi connectivity index (χ0n) is 28.9. The van der Waals surface area contributed by atoms with Crippen LogP contribution < -0.4 is 33.8 Å². The minimum absolute atomic E-state index is 0.115. The second-order valence-corrected chi connectivity index (χ2v) is 13.0. The first-order chi connectivity index (χ1) is 25.0. The maximum absolute atomic E-state index is 14.3. The third kappa shape index (κ3) is 8.21. The molecule has 52 heavy (non-hydrogen) atoms. The topological polar surface area (TPSA) is 161 Å². The van der Waals surface area contributed by atoms with Gasteiger partial charge in [0.2, 0.25) is 0 Å². The summed E-state index contributed by atoms with van der Waals surface area (Å²) in [5, 5.41) is 9.16. The van der Waals surface area contributed by atoms with Gasteiger partial charge in [-0.3, -0.25) is 9.36 Å². The number of esters is 2. The Morgan fingerprint density at radius 2 is 1.67 bits per heavy atom. The molecular weight excluding hydrogens is 760 g/mol. The predicted octanol–water partition coefficient (Wildman–Crippen LogP) is 4.80. The summed E-state index contributed by atoms with van der Waals surface area (Å²) >= 11 is 4.75. The van der Waals surface area contributed by atoms with E-state index in [9.17, 15) is 19.2 Å². The molecule has 1 aliphatic rings. The highest BCUT2D eigenvalue weighted by molar-refractivity contribution is 9.10. The molecule has 0 fully saturated rings. The van der Waals surface area contributed by atoms with E-state index in [2.05, 4.69) is 25.7 Å². The number of hydrogen-bond donors (Lipinski definition) is 1. The molecule has 13 nitrogen and oxygen atoms in total. The monoisotopic (exact) mass is 794 g/mol. The Morgan fingerprint density at radius 1 is 0.942 bits per heavy atom. The lowest BCUT2D eigenvalue weighted by Gasteiger charge is -2.25. The summed E-state index contributed by atoms with van der Waals surface area (Å²) < 4.78 is 35.6. The van der Waals surface area contributed by atoms with Gasteiger partial charge in [-0.2, -0.15) is 0 Å². The van der Waals surface area contributed by atoms with Crippen molar-refractivity contribution in [1.82, 2.24) is 4.57 Å². The largest absolute Gasteiger partial charge is 0.493 e. The van der Waals surface area contributed by atoms with Crippen molar-refractivity contribution in [2.75, 3.05) is 34.0 Å². The Bertz CT molecular complexity index is 2230. The normalized spacial score (nSPS) is 13.9. The molecule has 272 valence electrons. The van der Waals surface area contributed by atoms with E-state index >= 15 is 0 Å². The number of aromatic nitrogens is 1. The molecule has 15 heteroatoms. The van der Waals surface area contributed by atoms with Gasteiger partial charge < -0.3 is 33.5 Å². The lowest BCUT2D eigenvalue weighted by atomic mass is 9.95. The summed E-state index contributed by atoms with van der Waals surface area (Å²) in [5.41, 5.74) is 2.26. The molecule has 3 aromatic carbocycles. The van der Waals surface area contributed by atoms with Crippen LogP contribution in [0.3, 0.4) is 0 Å². The molecule has 1 N–H and O–H groups in total. The van der Waals surface area contributed by atoms with Crippen molar-refractivity contribution in [2.45, 2.75) is 33.4 Å². The second kappa shape index (κ2) is 16.7. The molecule has 0 saturated heterocycles. The van der Waals surface area contributed by atoms with Crippen molar-refractivity contribution in [3.63, 3.8) is 0 Å². The smallest absolute Gasteiger partial charge is 0.343 e. The Morgan fingerprint density at radius 3 is 2.33 bits per heavy atom. The van der Waals surface area contributed by atoms with Crippen LogP contribution in [-0.2, 0) is 25.7 Å². The lowest BCUT2D eigenvalue weighted by molar-refractivity contribution is -0.143. The number of carboxylic acid groups (broad SMARTS) is 1. The van der Waals surface area contributed by atoms with Crippen LogP contribution in [0.5, 0.6) is 23.0 Å². The van der Waals surface area contributed by atoms with Crippen LogP contribution >= 0.6 is 27.3 Å². The van der Waals surface area contributed by atoms with Crippen molar-refractivity contribution >= 4 is 51.3 Å². The lowest BCUT2D eigenvalue weighted by Crippen LogP contribution is -2.40.